The first-order valence-corrected chi connectivity index (χ1v) is 29.7. The van der Waals surface area contributed by atoms with Crippen LogP contribution in [0.5, 0.6) is 5.75 Å². The van der Waals surface area contributed by atoms with Gasteiger partial charge in [-0.15, -0.1) is 0 Å². The van der Waals surface area contributed by atoms with E-state index < -0.39 is 239 Å². The largest absolute Gasteiger partial charge is 0.463 e. The lowest BCUT2D eigenvalue weighted by atomic mass is 9.97. The number of rotatable bonds is 26. The van der Waals surface area contributed by atoms with Crippen molar-refractivity contribution in [2.24, 2.45) is 0 Å². The monoisotopic (exact) mass is 1380 g/mol. The fraction of sp³-hybridized carbons (Fsp3) is 0.639. The molecule has 4 aliphatic heterocycles. The highest BCUT2D eigenvalue weighted by atomic mass is 16.8. The van der Waals surface area contributed by atoms with E-state index in [-0.39, 0.29) is 11.3 Å². The highest BCUT2D eigenvalue weighted by Crippen LogP contribution is 2.37. The van der Waals surface area contributed by atoms with Crippen molar-refractivity contribution in [1.29, 1.82) is 0 Å². The Hall–Kier alpha value is -9.12. The van der Waals surface area contributed by atoms with Crippen LogP contribution in [-0.2, 0) is 167 Å². The fourth-order valence-corrected chi connectivity index (χ4v) is 10.2. The van der Waals surface area contributed by atoms with Crippen molar-refractivity contribution in [3.05, 3.63) is 29.8 Å². The third-order valence-electron chi connectivity index (χ3n) is 13.4. The van der Waals surface area contributed by atoms with Gasteiger partial charge in [0, 0.05) is 102 Å². The summed E-state index contributed by atoms with van der Waals surface area (Å²) in [5.74, 6) is -7.39. The average molecular weight is 1390 g/mol. The Morgan fingerprint density at radius 1 is 0.289 bits per heavy atom. The zero-order valence-electron chi connectivity index (χ0n) is 55.1. The highest BCUT2D eigenvalue weighted by molar-refractivity contribution is 5.72. The molecule has 36 nitrogen and oxygen atoms in total. The maximum Gasteiger partial charge on any atom is 0.303 e. The van der Waals surface area contributed by atoms with Crippen molar-refractivity contribution >= 4 is 83.6 Å². The molecule has 1 aromatic rings. The third-order valence-corrected chi connectivity index (χ3v) is 13.4. The summed E-state index contributed by atoms with van der Waals surface area (Å²) >= 11 is 0. The molecule has 0 saturated carbocycles. The van der Waals surface area contributed by atoms with E-state index in [9.17, 15) is 67.1 Å². The van der Waals surface area contributed by atoms with Crippen LogP contribution in [0.4, 0.5) is 0 Å². The Bertz CT molecular complexity index is 3080. The number of ether oxygens (including phenoxy) is 22. The minimum Gasteiger partial charge on any atom is -0.463 e. The van der Waals surface area contributed by atoms with Crippen LogP contribution >= 0.6 is 0 Å². The summed E-state index contributed by atoms with van der Waals surface area (Å²) in [6, 6.07) is 5.61. The molecule has 0 N–H and O–H groups in total. The van der Waals surface area contributed by atoms with Crippen molar-refractivity contribution < 1.29 is 171 Å². The molecule has 4 saturated heterocycles. The number of benzene rings is 1. The van der Waals surface area contributed by atoms with Gasteiger partial charge < -0.3 is 104 Å². The maximum absolute atomic E-state index is 12.8. The number of esters is 14. The standard InChI is InChI=1S/C61H76O36/c1-26(62)77-22-42-46(81-28(3)64)51(86-33(8)69)55(90-37(12)73)59(95-42)79-24-44-48(83-30(5)66)50(85-32(7)68)54(89-36(11)72)58(94-44)76-21-15-16-40-17-19-41(20-18-40)93-61-57(92-39(14)75)53(88-35(10)71)49(84-31(6)67)45(97-61)25-80-60-56(91-38(13)74)52(87-34(9)70)47(82-29(4)65)43(96-60)23-78-27(2)63/h17-20,42-61H,21-25H2,1-14H3/t42-,43-,44-,45-,46+,47+,48-,49-,50+,51+,52+,53+,54-,55-,56-,57-,58-,59+,60+,61-/m1/s1. The number of hydrogen-bond acceptors (Lipinski definition) is 36. The van der Waals surface area contributed by atoms with Crippen LogP contribution in [0.25, 0.3) is 0 Å². The lowest BCUT2D eigenvalue weighted by Gasteiger charge is -2.46. The smallest absolute Gasteiger partial charge is 0.303 e. The van der Waals surface area contributed by atoms with Crippen LogP contribution in [-0.4, -0.2) is 239 Å². The molecule has 4 fully saturated rings. The van der Waals surface area contributed by atoms with Gasteiger partial charge in [-0.05, 0) is 24.3 Å². The normalized spacial score (nSPS) is 29.6. The first kappa shape index (κ1) is 78.6. The molecule has 0 amide bonds. The van der Waals surface area contributed by atoms with Crippen molar-refractivity contribution in [2.45, 2.75) is 220 Å². The van der Waals surface area contributed by atoms with Crippen LogP contribution < -0.4 is 4.74 Å². The second-order valence-electron chi connectivity index (χ2n) is 21.6. The van der Waals surface area contributed by atoms with Crippen LogP contribution in [0.3, 0.4) is 0 Å². The minimum absolute atomic E-state index is 0.0218. The average Bonchev–Trinajstić information content (AvgIpc) is 0.806. The SMILES string of the molecule is CC(=O)OC[C@H]1O[C@H](OC[C@H]2O[C@@H](OCC#Cc3ccc(O[C@@H]4O[C@H](CO[C@H]5O[C@H](COC(C)=O)[C@H](OC(C)=O)[C@H](OC(C)=O)[C@H]5OC(C)=O)[C@@H](OC(C)=O)[C@H](OC(C)=O)[C@H]4OC(C)=O)cc3)[C@H](OC(C)=O)[C@@H](OC(C)=O)[C@@H]2OC(C)=O)[C@H](OC(C)=O)[C@@H](OC(C)=O)[C@H]1OC(C)=O. The van der Waals surface area contributed by atoms with Crippen molar-refractivity contribution in [2.75, 3.05) is 33.0 Å². The predicted molar refractivity (Wildman–Crippen MR) is 306 cm³/mol. The van der Waals surface area contributed by atoms with E-state index in [1.54, 1.807) is 0 Å². The molecule has 36 heteroatoms. The van der Waals surface area contributed by atoms with E-state index >= 15 is 0 Å². The summed E-state index contributed by atoms with van der Waals surface area (Å²) in [7, 11) is 0. The van der Waals surface area contributed by atoms with Gasteiger partial charge >= 0.3 is 83.6 Å². The van der Waals surface area contributed by atoms with Gasteiger partial charge in [-0.25, -0.2) is 0 Å². The molecule has 97 heavy (non-hydrogen) atoms. The molecule has 4 aliphatic rings. The van der Waals surface area contributed by atoms with Gasteiger partial charge in [-0.1, -0.05) is 11.8 Å². The molecular weight excluding hydrogens is 1310 g/mol. The highest BCUT2D eigenvalue weighted by Gasteiger charge is 2.58. The Labute approximate surface area is 553 Å². The van der Waals surface area contributed by atoms with E-state index in [0.717, 1.165) is 96.9 Å². The van der Waals surface area contributed by atoms with Crippen LogP contribution in [0.15, 0.2) is 24.3 Å². The first-order chi connectivity index (χ1) is 45.6. The molecule has 536 valence electrons. The summed E-state index contributed by atoms with van der Waals surface area (Å²) in [6.45, 7) is 10.9. The lowest BCUT2D eigenvalue weighted by Crippen LogP contribution is -2.65. The zero-order chi connectivity index (χ0) is 72.1. The molecule has 0 radical (unpaired) electrons. The van der Waals surface area contributed by atoms with E-state index in [0.29, 0.717) is 0 Å². The molecule has 0 aromatic heterocycles. The lowest BCUT2D eigenvalue weighted by molar-refractivity contribution is -0.333. The summed E-state index contributed by atoms with van der Waals surface area (Å²) in [5.41, 5.74) is 0.269. The van der Waals surface area contributed by atoms with Gasteiger partial charge in [0.2, 0.25) is 12.4 Å². The Morgan fingerprint density at radius 2 is 0.526 bits per heavy atom. The van der Waals surface area contributed by atoms with Crippen molar-refractivity contribution in [3.8, 4) is 17.6 Å². The Kier molecular flexibility index (Phi) is 29.8. The minimum atomic E-state index is -1.79. The number of carbonyl (C=O) groups excluding carboxylic acids is 14. The third kappa shape index (κ3) is 24.5. The topological polar surface area (TPSA) is 442 Å². The van der Waals surface area contributed by atoms with E-state index in [1.807, 2.05) is 0 Å². The van der Waals surface area contributed by atoms with E-state index in [4.69, 9.17) is 104 Å². The molecular formula is C61H76O36. The van der Waals surface area contributed by atoms with Gasteiger partial charge in [0.1, 0.15) is 50.0 Å². The maximum atomic E-state index is 12.8. The number of hydrogen-bond donors (Lipinski definition) is 0. The molecule has 0 aliphatic carbocycles. The van der Waals surface area contributed by atoms with Gasteiger partial charge in [-0.3, -0.25) is 67.1 Å². The predicted octanol–water partition coefficient (Wildman–Crippen LogP) is -0.327. The van der Waals surface area contributed by atoms with Crippen LogP contribution in [0.2, 0.25) is 0 Å². The summed E-state index contributed by atoms with van der Waals surface area (Å²) in [5, 5.41) is 0. The summed E-state index contributed by atoms with van der Waals surface area (Å²) in [4.78, 5) is 175. The van der Waals surface area contributed by atoms with Crippen LogP contribution in [0, 0.1) is 11.8 Å². The van der Waals surface area contributed by atoms with E-state index in [2.05, 4.69) is 11.8 Å². The zero-order valence-corrected chi connectivity index (χ0v) is 55.1. The molecule has 20 atom stereocenters. The van der Waals surface area contributed by atoms with E-state index in [1.165, 1.54) is 24.3 Å². The Morgan fingerprint density at radius 3 is 0.804 bits per heavy atom. The molecule has 4 heterocycles. The first-order valence-electron chi connectivity index (χ1n) is 29.7. The molecule has 0 spiro atoms. The number of carbonyl (C=O) groups is 14. The summed E-state index contributed by atoms with van der Waals surface area (Å²) in [6.07, 6.45) is -33.2. The van der Waals surface area contributed by atoms with Crippen LogP contribution in [0.1, 0.15) is 102 Å². The van der Waals surface area contributed by atoms with Crippen molar-refractivity contribution in [3.63, 3.8) is 0 Å². The molecule has 0 bridgehead atoms. The van der Waals surface area contributed by atoms with Gasteiger partial charge in [0.15, 0.2) is 86.0 Å². The van der Waals surface area contributed by atoms with Crippen molar-refractivity contribution in [1.82, 2.24) is 0 Å². The second-order valence-corrected chi connectivity index (χ2v) is 21.6. The van der Waals surface area contributed by atoms with Gasteiger partial charge in [-0.2, -0.15) is 0 Å². The summed E-state index contributed by atoms with van der Waals surface area (Å²) < 4.78 is 126. The van der Waals surface area contributed by atoms with Gasteiger partial charge in [0.05, 0.1) is 13.2 Å². The second kappa shape index (κ2) is 36.8. The Balaban J connectivity index is 1.45. The fourth-order valence-electron chi connectivity index (χ4n) is 10.2. The molecule has 5 rings (SSSR count). The molecule has 1 aromatic carbocycles. The quantitative estimate of drug-likeness (QED) is 0.0651. The van der Waals surface area contributed by atoms with Gasteiger partial charge in [0.25, 0.3) is 0 Å². The molecule has 0 unspecified atom stereocenters.